The number of hydrogen-bond acceptors (Lipinski definition) is 8. The Labute approximate surface area is 253 Å². The lowest BCUT2D eigenvalue weighted by Gasteiger charge is -2.54. The van der Waals surface area contributed by atoms with Crippen LogP contribution in [0.15, 0.2) is 43.2 Å². The first-order valence-corrected chi connectivity index (χ1v) is 14.9. The van der Waals surface area contributed by atoms with Gasteiger partial charge in [-0.3, -0.25) is 9.69 Å². The number of nitrogens with zero attached hydrogens (tertiary/aromatic N) is 4. The third kappa shape index (κ3) is 5.99. The first-order chi connectivity index (χ1) is 20.4. The van der Waals surface area contributed by atoms with Crippen LogP contribution in [0, 0.1) is 5.82 Å². The van der Waals surface area contributed by atoms with E-state index in [0.29, 0.717) is 34.8 Å². The second kappa shape index (κ2) is 12.6. The maximum absolute atomic E-state index is 14.9. The van der Waals surface area contributed by atoms with E-state index in [2.05, 4.69) is 26.8 Å². The lowest BCUT2D eigenvalue weighted by molar-refractivity contribution is -0.148. The molecule has 7 rings (SSSR count). The molecule has 9 nitrogen and oxygen atoms in total. The van der Waals surface area contributed by atoms with E-state index in [9.17, 15) is 9.18 Å². The van der Waals surface area contributed by atoms with Crippen LogP contribution >= 0.6 is 23.2 Å². The maximum atomic E-state index is 14.9. The number of halogens is 3. The van der Waals surface area contributed by atoms with Crippen molar-refractivity contribution >= 4 is 51.5 Å². The van der Waals surface area contributed by atoms with Crippen molar-refractivity contribution in [3.63, 3.8) is 0 Å². The normalized spacial score (nSPS) is 22.0. The SMILES string of the molecule is C=CC(=O)N1C2CC(Oc3cc4c(Nc5ccc(Cl)c(Cl)c5F)ncnc4cc3OCCCN3CCOCC3)CC1C2. The van der Waals surface area contributed by atoms with Crippen LogP contribution in [0.25, 0.3) is 10.9 Å². The lowest BCUT2D eigenvalue weighted by atomic mass is 9.78. The van der Waals surface area contributed by atoms with E-state index in [1.165, 1.54) is 24.5 Å². The van der Waals surface area contributed by atoms with E-state index in [4.69, 9.17) is 37.4 Å². The number of rotatable bonds is 10. The van der Waals surface area contributed by atoms with Crippen molar-refractivity contribution in [2.24, 2.45) is 0 Å². The van der Waals surface area contributed by atoms with E-state index in [1.807, 2.05) is 17.0 Å². The number of benzene rings is 2. The summed E-state index contributed by atoms with van der Waals surface area (Å²) in [6.45, 7) is 8.40. The van der Waals surface area contributed by atoms with Gasteiger partial charge in [0.15, 0.2) is 17.3 Å². The zero-order valence-corrected chi connectivity index (χ0v) is 24.5. The average molecular weight is 617 g/mol. The van der Waals surface area contributed by atoms with Gasteiger partial charge in [0.05, 0.1) is 41.1 Å². The smallest absolute Gasteiger partial charge is 0.246 e. The Morgan fingerprint density at radius 3 is 2.69 bits per heavy atom. The summed E-state index contributed by atoms with van der Waals surface area (Å²) in [6.07, 6.45) is 5.94. The highest BCUT2D eigenvalue weighted by Crippen LogP contribution is 2.43. The number of carbonyl (C=O) groups is 1. The molecule has 1 saturated carbocycles. The number of anilines is 2. The fourth-order valence-corrected chi connectivity index (χ4v) is 6.29. The largest absolute Gasteiger partial charge is 0.490 e. The van der Waals surface area contributed by atoms with Crippen molar-refractivity contribution in [2.45, 2.75) is 43.9 Å². The van der Waals surface area contributed by atoms with Gasteiger partial charge >= 0.3 is 0 Å². The van der Waals surface area contributed by atoms with E-state index < -0.39 is 5.82 Å². The quantitative estimate of drug-likeness (QED) is 0.179. The van der Waals surface area contributed by atoms with E-state index in [0.717, 1.165) is 58.5 Å². The highest BCUT2D eigenvalue weighted by Gasteiger charge is 2.48. The van der Waals surface area contributed by atoms with Crippen LogP contribution in [-0.4, -0.2) is 83.3 Å². The minimum absolute atomic E-state index is 0.0351. The van der Waals surface area contributed by atoms with Crippen LogP contribution in [0.2, 0.25) is 10.0 Å². The number of amides is 1. The number of morpholine rings is 1. The van der Waals surface area contributed by atoms with E-state index >= 15 is 0 Å². The van der Waals surface area contributed by atoms with Gasteiger partial charge < -0.3 is 24.4 Å². The lowest BCUT2D eigenvalue weighted by Crippen LogP contribution is -2.64. The van der Waals surface area contributed by atoms with Gasteiger partial charge in [0.25, 0.3) is 0 Å². The van der Waals surface area contributed by atoms with Crippen molar-refractivity contribution in [3.05, 3.63) is 59.1 Å². The summed E-state index contributed by atoms with van der Waals surface area (Å²) in [5, 5.41) is 3.61. The predicted molar refractivity (Wildman–Crippen MR) is 159 cm³/mol. The summed E-state index contributed by atoms with van der Waals surface area (Å²) >= 11 is 12.0. The Kier molecular flexibility index (Phi) is 8.67. The van der Waals surface area contributed by atoms with Gasteiger partial charge in [-0.05, 0) is 37.1 Å². The van der Waals surface area contributed by atoms with Crippen molar-refractivity contribution in [1.29, 1.82) is 0 Å². The van der Waals surface area contributed by atoms with Gasteiger partial charge in [-0.25, -0.2) is 14.4 Å². The Morgan fingerprint density at radius 2 is 1.93 bits per heavy atom. The molecular weight excluding hydrogens is 584 g/mol. The van der Waals surface area contributed by atoms with Crippen molar-refractivity contribution in [3.8, 4) is 11.5 Å². The molecule has 1 N–H and O–H groups in total. The molecule has 2 unspecified atom stereocenters. The number of nitrogens with one attached hydrogen (secondary N) is 1. The Morgan fingerprint density at radius 1 is 1.14 bits per heavy atom. The number of aromatic nitrogens is 2. The fourth-order valence-electron chi connectivity index (χ4n) is 5.98. The first-order valence-electron chi connectivity index (χ1n) is 14.1. The summed E-state index contributed by atoms with van der Waals surface area (Å²) in [5.74, 6) is 0.803. The molecule has 12 heteroatoms. The van der Waals surface area contributed by atoms with Gasteiger partial charge in [-0.2, -0.15) is 0 Å². The molecule has 4 aliphatic rings. The van der Waals surface area contributed by atoms with Gasteiger partial charge in [0.2, 0.25) is 5.91 Å². The molecule has 0 spiro atoms. The summed E-state index contributed by atoms with van der Waals surface area (Å²) in [7, 11) is 0. The predicted octanol–water partition coefficient (Wildman–Crippen LogP) is 5.62. The first kappa shape index (κ1) is 28.9. The Bertz CT molecular complexity index is 1480. The molecule has 1 aliphatic carbocycles. The van der Waals surface area contributed by atoms with Gasteiger partial charge in [-0.15, -0.1) is 0 Å². The minimum atomic E-state index is -0.673. The van der Waals surface area contributed by atoms with E-state index in [1.54, 1.807) is 0 Å². The summed E-state index contributed by atoms with van der Waals surface area (Å²) in [5.41, 5.74) is 0.743. The molecular formula is C30H32Cl2FN5O4. The third-order valence-electron chi connectivity index (χ3n) is 8.09. The number of ether oxygens (including phenoxy) is 3. The van der Waals surface area contributed by atoms with Crippen LogP contribution in [-0.2, 0) is 9.53 Å². The van der Waals surface area contributed by atoms with Crippen molar-refractivity contribution in [2.75, 3.05) is 44.8 Å². The zero-order chi connectivity index (χ0) is 29.2. The van der Waals surface area contributed by atoms with Crippen LogP contribution in [0.3, 0.4) is 0 Å². The zero-order valence-electron chi connectivity index (χ0n) is 23.0. The average Bonchev–Trinajstić information content (AvgIpc) is 3.00. The van der Waals surface area contributed by atoms with Crippen molar-refractivity contribution < 1.29 is 23.4 Å². The Balaban J connectivity index is 1.25. The number of carbonyl (C=O) groups excluding carboxylic acids is 1. The fraction of sp³-hybridized carbons (Fsp3) is 0.433. The molecule has 222 valence electrons. The molecule has 1 amide bonds. The van der Waals surface area contributed by atoms with Crippen LogP contribution in [0.1, 0.15) is 25.7 Å². The van der Waals surface area contributed by atoms with E-state index in [-0.39, 0.29) is 39.8 Å². The number of hydrogen-bond donors (Lipinski definition) is 1. The molecule has 2 aromatic carbocycles. The van der Waals surface area contributed by atoms with Crippen LogP contribution in [0.5, 0.6) is 11.5 Å². The molecule has 1 aromatic heterocycles. The van der Waals surface area contributed by atoms with Crippen LogP contribution < -0.4 is 14.8 Å². The van der Waals surface area contributed by atoms with Gasteiger partial charge in [0.1, 0.15) is 18.2 Å². The summed E-state index contributed by atoms with van der Waals surface area (Å²) in [4.78, 5) is 25.3. The maximum Gasteiger partial charge on any atom is 0.246 e. The molecule has 4 fully saturated rings. The monoisotopic (exact) mass is 615 g/mol. The summed E-state index contributed by atoms with van der Waals surface area (Å²) < 4.78 is 33.1. The number of piperidine rings is 1. The van der Waals surface area contributed by atoms with Gasteiger partial charge in [0, 0.05) is 56.0 Å². The highest BCUT2D eigenvalue weighted by molar-refractivity contribution is 6.42. The minimum Gasteiger partial charge on any atom is -0.490 e. The standard InChI is InChI=1S/C30H32Cl2FN5O4/c1-2-27(39)38-18-12-19(38)14-20(13-18)42-26-15-21-24(16-25(26)41-9-3-6-37-7-10-40-11-8-37)34-17-35-30(21)36-23-5-4-22(31)28(32)29(23)33/h2,4-5,15-20H,1,3,6-14H2,(H,34,35,36). The molecule has 2 atom stereocenters. The third-order valence-corrected chi connectivity index (χ3v) is 8.87. The topological polar surface area (TPSA) is 89.0 Å². The molecule has 3 aliphatic heterocycles. The molecule has 2 bridgehead atoms. The molecule has 3 aromatic rings. The molecule has 42 heavy (non-hydrogen) atoms. The molecule has 3 saturated heterocycles. The highest BCUT2D eigenvalue weighted by atomic mass is 35.5. The second-order valence-corrected chi connectivity index (χ2v) is 11.5. The summed E-state index contributed by atoms with van der Waals surface area (Å²) in [6, 6.07) is 6.95. The second-order valence-electron chi connectivity index (χ2n) is 10.7. The Hall–Kier alpha value is -3.18. The molecule has 4 heterocycles. The van der Waals surface area contributed by atoms with Crippen LogP contribution in [0.4, 0.5) is 15.9 Å². The van der Waals surface area contributed by atoms with Crippen molar-refractivity contribution in [1.82, 2.24) is 19.8 Å². The van der Waals surface area contributed by atoms with Gasteiger partial charge in [-0.1, -0.05) is 29.8 Å². The molecule has 0 radical (unpaired) electrons. The number of fused-ring (bicyclic) bond motifs is 3.